The second kappa shape index (κ2) is 6.65. The Kier molecular flexibility index (Phi) is 5.44. The van der Waals surface area contributed by atoms with Crippen LogP contribution < -0.4 is 0 Å². The lowest BCUT2D eigenvalue weighted by Gasteiger charge is -2.21. The molecule has 1 aromatic carbocycles. The molecule has 5 nitrogen and oxygen atoms in total. The van der Waals surface area contributed by atoms with Gasteiger partial charge in [0.1, 0.15) is 4.75 Å². The molecular weight excluding hydrogens is 280 g/mol. The highest BCUT2D eigenvalue weighted by atomic mass is 32.2. The molecular formula is C14H18O5S. The highest BCUT2D eigenvalue weighted by molar-refractivity contribution is 7.86. The second-order valence-corrected chi connectivity index (χ2v) is 6.73. The third-order valence-electron chi connectivity index (χ3n) is 2.81. The third kappa shape index (κ3) is 3.90. The summed E-state index contributed by atoms with van der Waals surface area (Å²) in [6.45, 7) is 5.03. The van der Waals surface area contributed by atoms with E-state index in [1.165, 1.54) is 12.1 Å². The SMILES string of the molecule is CCOC(=O)C(C)(C)S(=O)Cc1cccc(C(=O)O)c1. The summed E-state index contributed by atoms with van der Waals surface area (Å²) in [5.41, 5.74) is 0.744. The lowest BCUT2D eigenvalue weighted by molar-refractivity contribution is -0.145. The van der Waals surface area contributed by atoms with E-state index >= 15 is 0 Å². The van der Waals surface area contributed by atoms with E-state index in [2.05, 4.69) is 0 Å². The molecule has 0 heterocycles. The summed E-state index contributed by atoms with van der Waals surface area (Å²) in [4.78, 5) is 22.6. The molecule has 1 atom stereocenters. The van der Waals surface area contributed by atoms with Gasteiger partial charge in [-0.3, -0.25) is 9.00 Å². The Bertz CT molecular complexity index is 536. The molecule has 110 valence electrons. The molecule has 0 aliphatic rings. The smallest absolute Gasteiger partial charge is 0.335 e. The normalized spacial score (nSPS) is 12.8. The van der Waals surface area contributed by atoms with Gasteiger partial charge in [0.2, 0.25) is 0 Å². The van der Waals surface area contributed by atoms with Crippen molar-refractivity contribution in [1.29, 1.82) is 0 Å². The molecule has 0 aliphatic carbocycles. The number of rotatable bonds is 6. The maximum Gasteiger partial charge on any atom is 0.335 e. The minimum Gasteiger partial charge on any atom is -0.478 e. The fraction of sp³-hybridized carbons (Fsp3) is 0.429. The predicted molar refractivity (Wildman–Crippen MR) is 76.0 cm³/mol. The first-order chi connectivity index (χ1) is 9.28. The van der Waals surface area contributed by atoms with Crippen molar-refractivity contribution < 1.29 is 23.6 Å². The predicted octanol–water partition coefficient (Wildman–Crippen LogP) is 1.98. The zero-order valence-corrected chi connectivity index (χ0v) is 12.5. The van der Waals surface area contributed by atoms with Gasteiger partial charge in [-0.2, -0.15) is 0 Å². The lowest BCUT2D eigenvalue weighted by Crippen LogP contribution is -2.38. The van der Waals surface area contributed by atoms with E-state index in [4.69, 9.17) is 9.84 Å². The fourth-order valence-corrected chi connectivity index (χ4v) is 2.61. The van der Waals surface area contributed by atoms with Gasteiger partial charge in [-0.15, -0.1) is 0 Å². The number of benzene rings is 1. The summed E-state index contributed by atoms with van der Waals surface area (Å²) < 4.78 is 16.1. The van der Waals surface area contributed by atoms with Crippen molar-refractivity contribution in [3.63, 3.8) is 0 Å². The molecule has 6 heteroatoms. The Morgan fingerprint density at radius 3 is 2.55 bits per heavy atom. The van der Waals surface area contributed by atoms with E-state index in [1.54, 1.807) is 32.9 Å². The Balaban J connectivity index is 2.87. The standard InChI is InChI=1S/C14H18O5S/c1-4-19-13(17)14(2,3)20(18)9-10-6-5-7-11(8-10)12(15)16/h5-8H,4,9H2,1-3H3,(H,15,16). The van der Waals surface area contributed by atoms with Crippen LogP contribution in [-0.4, -0.2) is 32.6 Å². The number of carbonyl (C=O) groups excluding carboxylic acids is 1. The average molecular weight is 298 g/mol. The van der Waals surface area contributed by atoms with Crippen molar-refractivity contribution in [3.05, 3.63) is 35.4 Å². The van der Waals surface area contributed by atoms with Gasteiger partial charge in [0, 0.05) is 16.6 Å². The Labute approximate surface area is 120 Å². The van der Waals surface area contributed by atoms with Crippen LogP contribution in [0.2, 0.25) is 0 Å². The molecule has 20 heavy (non-hydrogen) atoms. The van der Waals surface area contributed by atoms with Crippen LogP contribution in [0.3, 0.4) is 0 Å². The molecule has 1 N–H and O–H groups in total. The minimum absolute atomic E-state index is 0.104. The van der Waals surface area contributed by atoms with Crippen molar-refractivity contribution in [3.8, 4) is 0 Å². The molecule has 0 fully saturated rings. The number of hydrogen-bond donors (Lipinski definition) is 1. The van der Waals surface area contributed by atoms with Gasteiger partial charge in [-0.25, -0.2) is 4.79 Å². The number of hydrogen-bond acceptors (Lipinski definition) is 4. The van der Waals surface area contributed by atoms with E-state index in [9.17, 15) is 13.8 Å². The van der Waals surface area contributed by atoms with Crippen LogP contribution in [0.15, 0.2) is 24.3 Å². The van der Waals surface area contributed by atoms with Gasteiger partial charge in [-0.05, 0) is 38.5 Å². The van der Waals surface area contributed by atoms with Crippen molar-refractivity contribution in [2.75, 3.05) is 6.61 Å². The van der Waals surface area contributed by atoms with E-state index in [1.807, 2.05) is 0 Å². The molecule has 0 amide bonds. The molecule has 0 radical (unpaired) electrons. The minimum atomic E-state index is -1.50. The topological polar surface area (TPSA) is 80.7 Å². The van der Waals surface area contributed by atoms with Gasteiger partial charge < -0.3 is 9.84 Å². The van der Waals surface area contributed by atoms with Crippen LogP contribution in [0.1, 0.15) is 36.7 Å². The van der Waals surface area contributed by atoms with Gasteiger partial charge in [0.15, 0.2) is 0 Å². The molecule has 0 aliphatic heterocycles. The number of carboxylic acids is 1. The molecule has 1 unspecified atom stereocenters. The van der Waals surface area contributed by atoms with Crippen molar-refractivity contribution in [2.24, 2.45) is 0 Å². The molecule has 0 bridgehead atoms. The zero-order valence-electron chi connectivity index (χ0n) is 11.7. The summed E-state index contributed by atoms with van der Waals surface area (Å²) in [6, 6.07) is 6.20. The monoisotopic (exact) mass is 298 g/mol. The van der Waals surface area contributed by atoms with E-state index in [0.717, 1.165) is 0 Å². The third-order valence-corrected chi connectivity index (χ3v) is 4.71. The Morgan fingerprint density at radius 1 is 1.35 bits per heavy atom. The van der Waals surface area contributed by atoms with Crippen molar-refractivity contribution in [1.82, 2.24) is 0 Å². The molecule has 1 aromatic rings. The number of aromatic carboxylic acids is 1. The number of esters is 1. The van der Waals surface area contributed by atoms with Crippen molar-refractivity contribution in [2.45, 2.75) is 31.3 Å². The summed E-state index contributed by atoms with van der Waals surface area (Å²) in [6.07, 6.45) is 0. The Hall–Kier alpha value is -1.69. The maximum atomic E-state index is 12.3. The van der Waals surface area contributed by atoms with Crippen LogP contribution in [0.5, 0.6) is 0 Å². The highest BCUT2D eigenvalue weighted by Gasteiger charge is 2.36. The van der Waals surface area contributed by atoms with Crippen LogP contribution in [0.4, 0.5) is 0 Å². The van der Waals surface area contributed by atoms with Gasteiger partial charge in [0.05, 0.1) is 12.2 Å². The lowest BCUT2D eigenvalue weighted by atomic mass is 10.1. The first kappa shape index (κ1) is 16.4. The van der Waals surface area contributed by atoms with E-state index in [0.29, 0.717) is 5.56 Å². The van der Waals surface area contributed by atoms with E-state index in [-0.39, 0.29) is 17.9 Å². The Morgan fingerprint density at radius 2 is 2.00 bits per heavy atom. The first-order valence-electron chi connectivity index (χ1n) is 6.17. The molecule has 0 saturated heterocycles. The number of carbonyl (C=O) groups is 2. The summed E-state index contributed by atoms with van der Waals surface area (Å²) >= 11 is 0. The number of ether oxygens (including phenoxy) is 1. The molecule has 0 saturated carbocycles. The molecule has 1 rings (SSSR count). The highest BCUT2D eigenvalue weighted by Crippen LogP contribution is 2.20. The maximum absolute atomic E-state index is 12.3. The van der Waals surface area contributed by atoms with Crippen LogP contribution in [-0.2, 0) is 26.1 Å². The van der Waals surface area contributed by atoms with E-state index < -0.39 is 27.5 Å². The van der Waals surface area contributed by atoms with Crippen molar-refractivity contribution >= 4 is 22.7 Å². The summed E-state index contributed by atoms with van der Waals surface area (Å²) in [7, 11) is -1.50. The first-order valence-corrected chi connectivity index (χ1v) is 7.49. The summed E-state index contributed by atoms with van der Waals surface area (Å²) in [5.74, 6) is -1.46. The quantitative estimate of drug-likeness (QED) is 0.812. The largest absolute Gasteiger partial charge is 0.478 e. The van der Waals surface area contributed by atoms with Crippen LogP contribution in [0.25, 0.3) is 0 Å². The molecule has 0 spiro atoms. The van der Waals surface area contributed by atoms with Gasteiger partial charge in [0.25, 0.3) is 0 Å². The summed E-state index contributed by atoms with van der Waals surface area (Å²) in [5, 5.41) is 8.91. The second-order valence-electron chi connectivity index (χ2n) is 4.73. The van der Waals surface area contributed by atoms with Gasteiger partial charge in [-0.1, -0.05) is 12.1 Å². The van der Waals surface area contributed by atoms with Crippen LogP contribution >= 0.6 is 0 Å². The average Bonchev–Trinajstić information content (AvgIpc) is 2.39. The van der Waals surface area contributed by atoms with Gasteiger partial charge >= 0.3 is 11.9 Å². The van der Waals surface area contributed by atoms with Crippen LogP contribution in [0, 0.1) is 0 Å². The molecule has 0 aromatic heterocycles. The number of carboxylic acid groups (broad SMARTS) is 1. The fourth-order valence-electron chi connectivity index (χ4n) is 1.52. The zero-order chi connectivity index (χ0) is 15.3.